The highest BCUT2D eigenvalue weighted by Gasteiger charge is 2.33. The third kappa shape index (κ3) is 3.50. The summed E-state index contributed by atoms with van der Waals surface area (Å²) >= 11 is 0. The fourth-order valence-corrected chi connectivity index (χ4v) is 3.01. The molecule has 110 valence electrons. The number of ether oxygens (including phenoxy) is 1. The lowest BCUT2D eigenvalue weighted by molar-refractivity contribution is -0.0178. The molecule has 0 bridgehead atoms. The monoisotopic (exact) mass is 276 g/mol. The molecule has 20 heavy (non-hydrogen) atoms. The number of hydrogen-bond donors (Lipinski definition) is 1. The summed E-state index contributed by atoms with van der Waals surface area (Å²) in [6.07, 6.45) is 3.28. The van der Waals surface area contributed by atoms with Crippen LogP contribution in [0.1, 0.15) is 50.5 Å². The molecule has 4 heteroatoms. The van der Waals surface area contributed by atoms with Crippen molar-refractivity contribution in [2.75, 3.05) is 5.73 Å². The van der Waals surface area contributed by atoms with Crippen molar-refractivity contribution in [3.05, 3.63) is 23.9 Å². The maximum Gasteiger partial charge on any atom is 0.357 e. The lowest BCUT2D eigenvalue weighted by Crippen LogP contribution is -2.36. The van der Waals surface area contributed by atoms with E-state index in [0.717, 1.165) is 12.8 Å². The van der Waals surface area contributed by atoms with E-state index < -0.39 is 0 Å². The number of nitrogen functional groups attached to an aromatic ring is 1. The molecule has 1 aromatic rings. The van der Waals surface area contributed by atoms with Gasteiger partial charge < -0.3 is 10.5 Å². The van der Waals surface area contributed by atoms with Crippen LogP contribution in [0.4, 0.5) is 5.82 Å². The van der Waals surface area contributed by atoms with Crippen molar-refractivity contribution in [3.63, 3.8) is 0 Å². The molecule has 1 aliphatic rings. The summed E-state index contributed by atoms with van der Waals surface area (Å²) < 4.78 is 5.72. The number of nitrogens with two attached hydrogens (primary N) is 1. The van der Waals surface area contributed by atoms with Crippen molar-refractivity contribution in [2.24, 2.45) is 17.8 Å². The van der Waals surface area contributed by atoms with Crippen LogP contribution in [-0.4, -0.2) is 17.1 Å². The predicted octanol–water partition coefficient (Wildman–Crippen LogP) is 3.28. The van der Waals surface area contributed by atoms with E-state index in [2.05, 4.69) is 25.8 Å². The first-order valence-corrected chi connectivity index (χ1v) is 7.41. The van der Waals surface area contributed by atoms with Gasteiger partial charge in [0.25, 0.3) is 0 Å². The van der Waals surface area contributed by atoms with Crippen molar-refractivity contribution in [1.82, 2.24) is 4.98 Å². The van der Waals surface area contributed by atoms with Gasteiger partial charge in [-0.25, -0.2) is 9.78 Å². The van der Waals surface area contributed by atoms with E-state index in [9.17, 15) is 4.79 Å². The van der Waals surface area contributed by atoms with Crippen LogP contribution in [0, 0.1) is 17.8 Å². The second-order valence-electron chi connectivity index (χ2n) is 6.22. The van der Waals surface area contributed by atoms with Gasteiger partial charge in [0.05, 0.1) is 0 Å². The van der Waals surface area contributed by atoms with E-state index in [-0.39, 0.29) is 12.1 Å². The minimum atomic E-state index is -0.359. The van der Waals surface area contributed by atoms with Gasteiger partial charge in [-0.2, -0.15) is 0 Å². The number of carbonyl (C=O) groups excluding carboxylic acids is 1. The first-order valence-electron chi connectivity index (χ1n) is 7.41. The Hall–Kier alpha value is -1.58. The number of esters is 1. The molecule has 2 N–H and O–H groups in total. The number of aromatic nitrogens is 1. The Bertz CT molecular complexity index is 473. The van der Waals surface area contributed by atoms with Gasteiger partial charge in [-0.3, -0.25) is 0 Å². The Morgan fingerprint density at radius 1 is 1.40 bits per heavy atom. The molecule has 3 unspecified atom stereocenters. The quantitative estimate of drug-likeness (QED) is 0.860. The summed E-state index contributed by atoms with van der Waals surface area (Å²) in [5.74, 6) is 1.56. The second-order valence-corrected chi connectivity index (χ2v) is 6.22. The SMILES string of the molecule is CC1CCC(C(C)C)C(OC(=O)c2cccc(N)n2)C1. The van der Waals surface area contributed by atoms with E-state index in [0.29, 0.717) is 29.3 Å². The molecule has 0 spiro atoms. The highest BCUT2D eigenvalue weighted by Crippen LogP contribution is 2.35. The van der Waals surface area contributed by atoms with Crippen molar-refractivity contribution in [1.29, 1.82) is 0 Å². The molecule has 0 saturated heterocycles. The molecule has 3 atom stereocenters. The van der Waals surface area contributed by atoms with Crippen molar-refractivity contribution in [2.45, 2.75) is 46.1 Å². The van der Waals surface area contributed by atoms with Crippen LogP contribution in [-0.2, 0) is 4.74 Å². The molecule has 0 aromatic carbocycles. The predicted molar refractivity (Wildman–Crippen MR) is 79.2 cm³/mol. The Labute approximate surface area is 120 Å². The normalized spacial score (nSPS) is 26.5. The Morgan fingerprint density at radius 3 is 2.80 bits per heavy atom. The van der Waals surface area contributed by atoms with Gasteiger partial charge in [0, 0.05) is 0 Å². The summed E-state index contributed by atoms with van der Waals surface area (Å²) in [5, 5.41) is 0. The number of nitrogens with zero attached hydrogens (tertiary/aromatic N) is 1. The molecule has 1 aliphatic carbocycles. The summed E-state index contributed by atoms with van der Waals surface area (Å²) in [4.78, 5) is 16.2. The van der Waals surface area contributed by atoms with Gasteiger partial charge >= 0.3 is 5.97 Å². The van der Waals surface area contributed by atoms with Crippen LogP contribution >= 0.6 is 0 Å². The van der Waals surface area contributed by atoms with Crippen molar-refractivity contribution in [3.8, 4) is 0 Å². The zero-order valence-electron chi connectivity index (χ0n) is 12.5. The van der Waals surface area contributed by atoms with Crippen LogP contribution in [0.25, 0.3) is 0 Å². The van der Waals surface area contributed by atoms with E-state index in [1.54, 1.807) is 18.2 Å². The number of pyridine rings is 1. The molecule has 0 aliphatic heterocycles. The molecule has 2 rings (SSSR count). The van der Waals surface area contributed by atoms with E-state index in [1.165, 1.54) is 6.42 Å². The second kappa shape index (κ2) is 6.25. The largest absolute Gasteiger partial charge is 0.457 e. The van der Waals surface area contributed by atoms with Crippen LogP contribution in [0.15, 0.2) is 18.2 Å². The smallest absolute Gasteiger partial charge is 0.357 e. The zero-order valence-corrected chi connectivity index (χ0v) is 12.5. The first kappa shape index (κ1) is 14.8. The molecule has 4 nitrogen and oxygen atoms in total. The maximum absolute atomic E-state index is 12.2. The molecule has 1 aromatic heterocycles. The fourth-order valence-electron chi connectivity index (χ4n) is 3.01. The van der Waals surface area contributed by atoms with E-state index >= 15 is 0 Å². The lowest BCUT2D eigenvalue weighted by atomic mass is 9.75. The molecule has 1 saturated carbocycles. The lowest BCUT2D eigenvalue weighted by Gasteiger charge is -2.36. The standard InChI is InChI=1S/C16H24N2O2/c1-10(2)12-8-7-11(3)9-14(12)20-16(19)13-5-4-6-15(17)18-13/h4-6,10-12,14H,7-9H2,1-3H3,(H2,17,18). The third-order valence-corrected chi connectivity index (χ3v) is 4.20. The van der Waals surface area contributed by atoms with Crippen LogP contribution in [0.3, 0.4) is 0 Å². The molecule has 1 heterocycles. The van der Waals surface area contributed by atoms with E-state index in [1.807, 2.05) is 0 Å². The van der Waals surface area contributed by atoms with Crippen LogP contribution in [0.5, 0.6) is 0 Å². The number of carbonyl (C=O) groups is 1. The number of hydrogen-bond acceptors (Lipinski definition) is 4. The van der Waals surface area contributed by atoms with Crippen molar-refractivity contribution >= 4 is 11.8 Å². The fraction of sp³-hybridized carbons (Fsp3) is 0.625. The Morgan fingerprint density at radius 2 is 2.15 bits per heavy atom. The Balaban J connectivity index is 2.08. The number of anilines is 1. The van der Waals surface area contributed by atoms with Gasteiger partial charge in [-0.05, 0) is 42.7 Å². The molecular weight excluding hydrogens is 252 g/mol. The average Bonchev–Trinajstić information content (AvgIpc) is 2.38. The highest BCUT2D eigenvalue weighted by molar-refractivity contribution is 5.87. The van der Waals surface area contributed by atoms with Gasteiger partial charge in [-0.1, -0.05) is 33.3 Å². The van der Waals surface area contributed by atoms with Crippen molar-refractivity contribution < 1.29 is 9.53 Å². The molecular formula is C16H24N2O2. The van der Waals surface area contributed by atoms with E-state index in [4.69, 9.17) is 10.5 Å². The number of rotatable bonds is 3. The minimum Gasteiger partial charge on any atom is -0.457 e. The third-order valence-electron chi connectivity index (χ3n) is 4.20. The highest BCUT2D eigenvalue weighted by atomic mass is 16.5. The molecule has 1 fully saturated rings. The van der Waals surface area contributed by atoms with Gasteiger partial charge in [-0.15, -0.1) is 0 Å². The van der Waals surface area contributed by atoms with Gasteiger partial charge in [0.2, 0.25) is 0 Å². The topological polar surface area (TPSA) is 65.2 Å². The summed E-state index contributed by atoms with van der Waals surface area (Å²) in [6, 6.07) is 5.04. The van der Waals surface area contributed by atoms with Crippen LogP contribution < -0.4 is 5.73 Å². The summed E-state index contributed by atoms with van der Waals surface area (Å²) in [5.41, 5.74) is 5.91. The first-order chi connectivity index (χ1) is 9.47. The Kier molecular flexibility index (Phi) is 4.63. The zero-order chi connectivity index (χ0) is 14.7. The summed E-state index contributed by atoms with van der Waals surface area (Å²) in [7, 11) is 0. The molecule has 0 amide bonds. The average molecular weight is 276 g/mol. The minimum absolute atomic E-state index is 0.00511. The molecule has 0 radical (unpaired) electrons. The van der Waals surface area contributed by atoms with Gasteiger partial charge in [0.15, 0.2) is 5.69 Å². The summed E-state index contributed by atoms with van der Waals surface area (Å²) in [6.45, 7) is 6.61. The van der Waals surface area contributed by atoms with Gasteiger partial charge in [0.1, 0.15) is 11.9 Å². The van der Waals surface area contributed by atoms with Crippen LogP contribution in [0.2, 0.25) is 0 Å². The maximum atomic E-state index is 12.2.